The lowest BCUT2D eigenvalue weighted by molar-refractivity contribution is -0.141. The monoisotopic (exact) mass is 219 g/mol. The van der Waals surface area contributed by atoms with Gasteiger partial charge in [0, 0.05) is 5.56 Å². The normalized spacial score (nSPS) is 15.2. The topological polar surface area (TPSA) is 69.4 Å². The van der Waals surface area contributed by atoms with Crippen LogP contribution < -0.4 is 10.5 Å². The third-order valence-corrected chi connectivity index (χ3v) is 2.80. The Hall–Kier alpha value is -1.84. The molecule has 0 saturated heterocycles. The Morgan fingerprint density at radius 2 is 1.81 bits per heavy atom. The van der Waals surface area contributed by atoms with E-state index in [0.29, 0.717) is 11.3 Å². The summed E-state index contributed by atoms with van der Waals surface area (Å²) in [6.07, 6.45) is 2.93. The molecule has 0 spiro atoms. The largest absolute Gasteiger partial charge is 0.426 e. The summed E-state index contributed by atoms with van der Waals surface area (Å²) < 4.78 is 5.16. The van der Waals surface area contributed by atoms with Gasteiger partial charge in [0.2, 0.25) is 5.91 Å². The van der Waals surface area contributed by atoms with Crippen molar-refractivity contribution in [3.8, 4) is 5.75 Å². The molecule has 2 N–H and O–H groups in total. The molecule has 1 aliphatic rings. The lowest BCUT2D eigenvalue weighted by atomic mass is 9.86. The fourth-order valence-electron chi connectivity index (χ4n) is 1.53. The van der Waals surface area contributed by atoms with Crippen LogP contribution in [0.1, 0.15) is 29.6 Å². The standard InChI is InChI=1S/C12H13NO3/c13-11(14)8-4-6-10(7-5-8)16-12(15)9-2-1-3-9/h4-7,9H,1-3H2,(H2,13,14). The summed E-state index contributed by atoms with van der Waals surface area (Å²) in [4.78, 5) is 22.3. The Morgan fingerprint density at radius 3 is 2.25 bits per heavy atom. The molecule has 4 heteroatoms. The number of carbonyl (C=O) groups excluding carboxylic acids is 2. The number of ether oxygens (including phenoxy) is 1. The fraction of sp³-hybridized carbons (Fsp3) is 0.333. The average molecular weight is 219 g/mol. The van der Waals surface area contributed by atoms with Crippen LogP contribution in [0.5, 0.6) is 5.75 Å². The Morgan fingerprint density at radius 1 is 1.19 bits per heavy atom. The summed E-state index contributed by atoms with van der Waals surface area (Å²) in [6.45, 7) is 0. The van der Waals surface area contributed by atoms with Gasteiger partial charge in [-0.15, -0.1) is 0 Å². The van der Waals surface area contributed by atoms with Crippen LogP contribution in [0.2, 0.25) is 0 Å². The Kier molecular flexibility index (Phi) is 2.90. The minimum absolute atomic E-state index is 0.0517. The van der Waals surface area contributed by atoms with Crippen LogP contribution in [0.4, 0.5) is 0 Å². The highest BCUT2D eigenvalue weighted by atomic mass is 16.5. The second kappa shape index (κ2) is 4.35. The molecule has 0 aliphatic heterocycles. The molecule has 0 unspecified atom stereocenters. The third kappa shape index (κ3) is 2.21. The van der Waals surface area contributed by atoms with E-state index in [1.165, 1.54) is 0 Å². The number of esters is 1. The molecule has 4 nitrogen and oxygen atoms in total. The van der Waals surface area contributed by atoms with Gasteiger partial charge in [0.05, 0.1) is 5.92 Å². The first-order valence-electron chi connectivity index (χ1n) is 5.28. The van der Waals surface area contributed by atoms with Crippen molar-refractivity contribution in [2.45, 2.75) is 19.3 Å². The first-order valence-corrected chi connectivity index (χ1v) is 5.28. The molecule has 0 heterocycles. The van der Waals surface area contributed by atoms with Crippen LogP contribution in [0.3, 0.4) is 0 Å². The van der Waals surface area contributed by atoms with Gasteiger partial charge in [-0.2, -0.15) is 0 Å². The highest BCUT2D eigenvalue weighted by Gasteiger charge is 2.26. The zero-order chi connectivity index (χ0) is 11.5. The number of amides is 1. The number of nitrogens with two attached hydrogens (primary N) is 1. The highest BCUT2D eigenvalue weighted by molar-refractivity contribution is 5.92. The molecule has 1 aromatic rings. The van der Waals surface area contributed by atoms with E-state index in [2.05, 4.69) is 0 Å². The quantitative estimate of drug-likeness (QED) is 0.618. The maximum Gasteiger partial charge on any atom is 0.314 e. The van der Waals surface area contributed by atoms with Crippen LogP contribution >= 0.6 is 0 Å². The minimum atomic E-state index is -0.489. The van der Waals surface area contributed by atoms with Crippen molar-refractivity contribution in [3.05, 3.63) is 29.8 Å². The maximum absolute atomic E-state index is 11.5. The SMILES string of the molecule is NC(=O)c1ccc(OC(=O)C2CCC2)cc1. The van der Waals surface area contributed by atoms with Gasteiger partial charge >= 0.3 is 5.97 Å². The Labute approximate surface area is 93.4 Å². The Balaban J connectivity index is 1.99. The number of hydrogen-bond acceptors (Lipinski definition) is 3. The first-order chi connectivity index (χ1) is 7.66. The number of primary amides is 1. The highest BCUT2D eigenvalue weighted by Crippen LogP contribution is 2.28. The van der Waals surface area contributed by atoms with E-state index >= 15 is 0 Å². The molecule has 1 saturated carbocycles. The van der Waals surface area contributed by atoms with Crippen LogP contribution in [0.15, 0.2) is 24.3 Å². The van der Waals surface area contributed by atoms with E-state index in [1.807, 2.05) is 0 Å². The van der Waals surface area contributed by atoms with Gasteiger partial charge in [-0.3, -0.25) is 9.59 Å². The molecule has 1 aliphatic carbocycles. The van der Waals surface area contributed by atoms with Crippen LogP contribution in [-0.2, 0) is 4.79 Å². The van der Waals surface area contributed by atoms with E-state index in [1.54, 1.807) is 24.3 Å². The van der Waals surface area contributed by atoms with Gasteiger partial charge in [0.1, 0.15) is 5.75 Å². The van der Waals surface area contributed by atoms with Gasteiger partial charge in [-0.05, 0) is 37.1 Å². The summed E-state index contributed by atoms with van der Waals surface area (Å²) in [5.74, 6) is -0.160. The van der Waals surface area contributed by atoms with E-state index in [0.717, 1.165) is 19.3 Å². The predicted octanol–water partition coefficient (Wildman–Crippen LogP) is 1.49. The lowest BCUT2D eigenvalue weighted by Gasteiger charge is -2.22. The number of rotatable bonds is 3. The average Bonchev–Trinajstić information content (AvgIpc) is 2.15. The van der Waals surface area contributed by atoms with Gasteiger partial charge in [0.25, 0.3) is 0 Å². The third-order valence-electron chi connectivity index (χ3n) is 2.80. The van der Waals surface area contributed by atoms with Gasteiger partial charge in [0.15, 0.2) is 0 Å². The lowest BCUT2D eigenvalue weighted by Crippen LogP contribution is -2.26. The zero-order valence-electron chi connectivity index (χ0n) is 8.81. The van der Waals surface area contributed by atoms with Crippen molar-refractivity contribution >= 4 is 11.9 Å². The smallest absolute Gasteiger partial charge is 0.314 e. The van der Waals surface area contributed by atoms with Crippen molar-refractivity contribution in [1.29, 1.82) is 0 Å². The second-order valence-electron chi connectivity index (χ2n) is 3.94. The first kappa shape index (κ1) is 10.7. The number of carbonyl (C=O) groups is 2. The Bertz CT molecular complexity index is 407. The summed E-state index contributed by atoms with van der Waals surface area (Å²) in [7, 11) is 0. The summed E-state index contributed by atoms with van der Waals surface area (Å²) in [6, 6.07) is 6.25. The molecule has 16 heavy (non-hydrogen) atoms. The van der Waals surface area contributed by atoms with Crippen molar-refractivity contribution in [1.82, 2.24) is 0 Å². The van der Waals surface area contributed by atoms with Crippen LogP contribution in [-0.4, -0.2) is 11.9 Å². The van der Waals surface area contributed by atoms with Crippen molar-refractivity contribution < 1.29 is 14.3 Å². The van der Waals surface area contributed by atoms with Crippen molar-refractivity contribution in [2.75, 3.05) is 0 Å². The van der Waals surface area contributed by atoms with Crippen molar-refractivity contribution in [2.24, 2.45) is 11.7 Å². The van der Waals surface area contributed by atoms with Crippen molar-refractivity contribution in [3.63, 3.8) is 0 Å². The fourth-order valence-corrected chi connectivity index (χ4v) is 1.53. The molecule has 1 aromatic carbocycles. The van der Waals surface area contributed by atoms with Gasteiger partial charge in [-0.1, -0.05) is 6.42 Å². The van der Waals surface area contributed by atoms with Crippen LogP contribution in [0.25, 0.3) is 0 Å². The molecule has 1 fully saturated rings. The van der Waals surface area contributed by atoms with E-state index in [4.69, 9.17) is 10.5 Å². The molecule has 0 radical (unpaired) electrons. The second-order valence-corrected chi connectivity index (χ2v) is 3.94. The molecule has 0 aromatic heterocycles. The molecular weight excluding hydrogens is 206 g/mol. The van der Waals surface area contributed by atoms with E-state index in [-0.39, 0.29) is 11.9 Å². The number of benzene rings is 1. The number of hydrogen-bond donors (Lipinski definition) is 1. The summed E-state index contributed by atoms with van der Waals surface area (Å²) >= 11 is 0. The molecule has 1 amide bonds. The zero-order valence-corrected chi connectivity index (χ0v) is 8.81. The summed E-state index contributed by atoms with van der Waals surface area (Å²) in [5, 5.41) is 0. The predicted molar refractivity (Wildman–Crippen MR) is 57.9 cm³/mol. The maximum atomic E-state index is 11.5. The molecule has 84 valence electrons. The molecule has 0 bridgehead atoms. The van der Waals surface area contributed by atoms with Crippen LogP contribution in [0, 0.1) is 5.92 Å². The molecule has 2 rings (SSSR count). The minimum Gasteiger partial charge on any atom is -0.426 e. The van der Waals surface area contributed by atoms with Gasteiger partial charge in [-0.25, -0.2) is 0 Å². The van der Waals surface area contributed by atoms with E-state index < -0.39 is 5.91 Å². The molecule has 0 atom stereocenters. The molecular formula is C12H13NO3. The van der Waals surface area contributed by atoms with Gasteiger partial charge < -0.3 is 10.5 Å². The van der Waals surface area contributed by atoms with E-state index in [9.17, 15) is 9.59 Å². The summed E-state index contributed by atoms with van der Waals surface area (Å²) in [5.41, 5.74) is 5.50.